The van der Waals surface area contributed by atoms with Gasteiger partial charge in [-0.05, 0) is 18.2 Å². The van der Waals surface area contributed by atoms with Crippen molar-refractivity contribution in [2.24, 2.45) is 0 Å². The minimum absolute atomic E-state index is 0.265. The number of hydrogen-bond donors (Lipinski definition) is 4. The number of nitrogens with one attached hydrogen (secondary N) is 3. The van der Waals surface area contributed by atoms with Gasteiger partial charge in [-0.25, -0.2) is 9.78 Å². The molecule has 3 rings (SSSR count). The summed E-state index contributed by atoms with van der Waals surface area (Å²) in [6.45, 7) is 4.77. The zero-order valence-electron chi connectivity index (χ0n) is 12.1. The molecule has 0 spiro atoms. The Morgan fingerprint density at radius 3 is 3.05 bits per heavy atom. The first-order valence-corrected chi connectivity index (χ1v) is 7.69. The normalized spacial score (nSPS) is 15.9. The summed E-state index contributed by atoms with van der Waals surface area (Å²) in [5, 5.41) is 5.53. The van der Waals surface area contributed by atoms with Crippen molar-refractivity contribution in [3.63, 3.8) is 0 Å². The number of H-pyrrole nitrogens is 1. The number of hydrogen-bond acceptors (Lipinski definition) is 5. The molecule has 118 valence electrons. The Labute approximate surface area is 133 Å². The molecule has 1 aliphatic rings. The zero-order chi connectivity index (χ0) is 15.4. The van der Waals surface area contributed by atoms with E-state index in [0.717, 1.165) is 48.8 Å². The lowest BCUT2D eigenvalue weighted by molar-refractivity contribution is 0.0388. The molecule has 22 heavy (non-hydrogen) atoms. The predicted octanol–water partition coefficient (Wildman–Crippen LogP) is 1.31. The van der Waals surface area contributed by atoms with Crippen LogP contribution >= 0.6 is 12.6 Å². The second kappa shape index (κ2) is 6.99. The molecule has 1 aliphatic heterocycles. The van der Waals surface area contributed by atoms with E-state index in [2.05, 4.69) is 38.1 Å². The van der Waals surface area contributed by atoms with Gasteiger partial charge < -0.3 is 15.0 Å². The maximum absolute atomic E-state index is 11.9. The molecule has 0 saturated carbocycles. The zero-order valence-corrected chi connectivity index (χ0v) is 13.0. The molecule has 1 aromatic heterocycles. The number of thiol groups is 1. The lowest BCUT2D eigenvalue weighted by Gasteiger charge is -2.26. The highest BCUT2D eigenvalue weighted by Gasteiger charge is 2.11. The van der Waals surface area contributed by atoms with Crippen molar-refractivity contribution in [2.45, 2.75) is 4.90 Å². The average Bonchev–Trinajstić information content (AvgIpc) is 2.89. The number of aromatic nitrogens is 2. The third kappa shape index (κ3) is 3.90. The number of carbonyl (C=O) groups is 1. The van der Waals surface area contributed by atoms with E-state index in [4.69, 9.17) is 4.74 Å². The molecule has 2 aromatic rings. The van der Waals surface area contributed by atoms with Gasteiger partial charge in [0.25, 0.3) is 0 Å². The Morgan fingerprint density at radius 1 is 1.41 bits per heavy atom. The monoisotopic (exact) mass is 321 g/mol. The van der Waals surface area contributed by atoms with E-state index in [1.54, 1.807) is 0 Å². The number of amides is 2. The van der Waals surface area contributed by atoms with E-state index in [9.17, 15) is 4.79 Å². The van der Waals surface area contributed by atoms with Crippen molar-refractivity contribution in [1.29, 1.82) is 0 Å². The van der Waals surface area contributed by atoms with Crippen LogP contribution in [0.4, 0.5) is 10.7 Å². The van der Waals surface area contributed by atoms with Gasteiger partial charge in [0.15, 0.2) is 0 Å². The predicted molar refractivity (Wildman–Crippen MR) is 87.6 cm³/mol. The van der Waals surface area contributed by atoms with Crippen LogP contribution in [-0.4, -0.2) is 60.3 Å². The number of carbonyl (C=O) groups excluding carboxylic acids is 1. The van der Waals surface area contributed by atoms with Gasteiger partial charge in [-0.3, -0.25) is 10.2 Å². The number of nitrogens with zero attached hydrogens (tertiary/aromatic N) is 2. The molecule has 0 atom stereocenters. The summed E-state index contributed by atoms with van der Waals surface area (Å²) in [5.74, 6) is 0.429. The van der Waals surface area contributed by atoms with Crippen LogP contribution in [-0.2, 0) is 4.74 Å². The van der Waals surface area contributed by atoms with Crippen LogP contribution in [0.2, 0.25) is 0 Å². The molecule has 0 radical (unpaired) electrons. The molecule has 1 fully saturated rings. The number of fused-ring (bicyclic) bond motifs is 1. The summed E-state index contributed by atoms with van der Waals surface area (Å²) in [4.78, 5) is 22.3. The van der Waals surface area contributed by atoms with E-state index >= 15 is 0 Å². The largest absolute Gasteiger partial charge is 0.379 e. The van der Waals surface area contributed by atoms with E-state index in [1.165, 1.54) is 0 Å². The maximum Gasteiger partial charge on any atom is 0.321 e. The van der Waals surface area contributed by atoms with Gasteiger partial charge in [-0.2, -0.15) is 0 Å². The van der Waals surface area contributed by atoms with E-state index in [0.29, 0.717) is 12.5 Å². The van der Waals surface area contributed by atoms with Crippen molar-refractivity contribution in [1.82, 2.24) is 20.2 Å². The number of benzene rings is 1. The van der Waals surface area contributed by atoms with Crippen LogP contribution < -0.4 is 10.6 Å². The quantitative estimate of drug-likeness (QED) is 0.640. The Balaban J connectivity index is 1.47. The summed E-state index contributed by atoms with van der Waals surface area (Å²) < 4.78 is 5.28. The molecule has 0 aliphatic carbocycles. The Hall–Kier alpha value is -1.77. The molecule has 0 unspecified atom stereocenters. The number of anilines is 1. The highest BCUT2D eigenvalue weighted by atomic mass is 32.1. The molecule has 1 saturated heterocycles. The summed E-state index contributed by atoms with van der Waals surface area (Å²) in [7, 11) is 0. The summed E-state index contributed by atoms with van der Waals surface area (Å²) in [6, 6.07) is 5.32. The van der Waals surface area contributed by atoms with Crippen LogP contribution in [0.25, 0.3) is 11.0 Å². The highest BCUT2D eigenvalue weighted by Crippen LogP contribution is 2.17. The number of imidazole rings is 1. The molecular weight excluding hydrogens is 302 g/mol. The average molecular weight is 321 g/mol. The summed E-state index contributed by atoms with van der Waals surface area (Å²) in [5.41, 5.74) is 1.64. The number of rotatable bonds is 4. The molecule has 2 heterocycles. The molecular formula is C14H19N5O2S. The molecule has 1 aromatic carbocycles. The SMILES string of the molecule is O=C(NCCN1CCOCC1)Nc1nc2ccc(S)cc2[nH]1. The van der Waals surface area contributed by atoms with Gasteiger partial charge in [-0.15, -0.1) is 12.6 Å². The van der Waals surface area contributed by atoms with Crippen LogP contribution in [0, 0.1) is 0 Å². The van der Waals surface area contributed by atoms with Gasteiger partial charge in [0.05, 0.1) is 24.2 Å². The topological polar surface area (TPSA) is 82.3 Å². The third-order valence-corrected chi connectivity index (χ3v) is 3.79. The first-order chi connectivity index (χ1) is 10.7. The van der Waals surface area contributed by atoms with Crippen LogP contribution in [0.3, 0.4) is 0 Å². The lowest BCUT2D eigenvalue weighted by atomic mass is 10.3. The van der Waals surface area contributed by atoms with Crippen molar-refractivity contribution in [3.05, 3.63) is 18.2 Å². The Morgan fingerprint density at radius 2 is 2.23 bits per heavy atom. The number of urea groups is 1. The van der Waals surface area contributed by atoms with Crippen molar-refractivity contribution < 1.29 is 9.53 Å². The number of ether oxygens (including phenoxy) is 1. The van der Waals surface area contributed by atoms with Crippen molar-refractivity contribution in [3.8, 4) is 0 Å². The lowest BCUT2D eigenvalue weighted by Crippen LogP contribution is -2.42. The van der Waals surface area contributed by atoms with E-state index in [-0.39, 0.29) is 6.03 Å². The smallest absolute Gasteiger partial charge is 0.321 e. The molecule has 2 amide bonds. The first-order valence-electron chi connectivity index (χ1n) is 7.24. The fourth-order valence-electron chi connectivity index (χ4n) is 2.36. The van der Waals surface area contributed by atoms with Crippen molar-refractivity contribution in [2.75, 3.05) is 44.7 Å². The van der Waals surface area contributed by atoms with Crippen molar-refractivity contribution >= 4 is 35.6 Å². The van der Waals surface area contributed by atoms with Gasteiger partial charge in [-0.1, -0.05) is 0 Å². The van der Waals surface area contributed by atoms with Gasteiger partial charge >= 0.3 is 6.03 Å². The van der Waals surface area contributed by atoms with E-state index < -0.39 is 0 Å². The summed E-state index contributed by atoms with van der Waals surface area (Å²) in [6.07, 6.45) is 0. The summed E-state index contributed by atoms with van der Waals surface area (Å²) >= 11 is 4.27. The Bertz CT molecular complexity index is 654. The molecule has 7 nitrogen and oxygen atoms in total. The van der Waals surface area contributed by atoms with Crippen LogP contribution in [0.5, 0.6) is 0 Å². The van der Waals surface area contributed by atoms with Crippen LogP contribution in [0.15, 0.2) is 23.1 Å². The van der Waals surface area contributed by atoms with E-state index in [1.807, 2.05) is 18.2 Å². The van der Waals surface area contributed by atoms with Gasteiger partial charge in [0.2, 0.25) is 5.95 Å². The minimum Gasteiger partial charge on any atom is -0.379 e. The maximum atomic E-state index is 11.9. The highest BCUT2D eigenvalue weighted by molar-refractivity contribution is 7.80. The van der Waals surface area contributed by atoms with Crippen LogP contribution in [0.1, 0.15) is 0 Å². The number of morpholine rings is 1. The second-order valence-electron chi connectivity index (χ2n) is 5.12. The standard InChI is InChI=1S/C14H19N5O2S/c20-14(15-3-4-19-5-7-21-8-6-19)18-13-16-11-2-1-10(22)9-12(11)17-13/h1-2,9,22H,3-8H2,(H3,15,16,17,18,20). The Kier molecular flexibility index (Phi) is 4.81. The molecule has 3 N–H and O–H groups in total. The second-order valence-corrected chi connectivity index (χ2v) is 5.64. The third-order valence-electron chi connectivity index (χ3n) is 3.51. The molecule has 0 bridgehead atoms. The number of aromatic amines is 1. The van der Waals surface area contributed by atoms with Gasteiger partial charge in [0, 0.05) is 31.1 Å². The first kappa shape index (κ1) is 15.1. The molecule has 8 heteroatoms. The fourth-order valence-corrected chi connectivity index (χ4v) is 2.56. The van der Waals surface area contributed by atoms with Gasteiger partial charge in [0.1, 0.15) is 0 Å². The fraction of sp³-hybridized carbons (Fsp3) is 0.429. The minimum atomic E-state index is -0.265.